The van der Waals surface area contributed by atoms with Crippen LogP contribution in [0.2, 0.25) is 0 Å². The summed E-state index contributed by atoms with van der Waals surface area (Å²) in [6.07, 6.45) is 1.87. The second kappa shape index (κ2) is 5.73. The van der Waals surface area contributed by atoms with E-state index < -0.39 is 11.6 Å². The van der Waals surface area contributed by atoms with Crippen LogP contribution in [0.25, 0.3) is 0 Å². The fourth-order valence-corrected chi connectivity index (χ4v) is 1.95. The lowest BCUT2D eigenvalue weighted by atomic mass is 10.00. The number of hydrogen-bond donors (Lipinski definition) is 3. The van der Waals surface area contributed by atoms with Crippen LogP contribution in [0, 0.1) is 11.6 Å². The van der Waals surface area contributed by atoms with Crippen LogP contribution in [0.1, 0.15) is 17.2 Å². The zero-order valence-electron chi connectivity index (χ0n) is 10.1. The molecule has 1 heterocycles. The van der Waals surface area contributed by atoms with Crippen molar-refractivity contribution in [3.05, 3.63) is 59.3 Å². The van der Waals surface area contributed by atoms with Crippen molar-refractivity contribution < 1.29 is 8.78 Å². The summed E-state index contributed by atoms with van der Waals surface area (Å²) < 4.78 is 26.3. The predicted molar refractivity (Wildman–Crippen MR) is 68.8 cm³/mol. The Morgan fingerprint density at radius 2 is 1.89 bits per heavy atom. The maximum absolute atomic E-state index is 13.1. The van der Waals surface area contributed by atoms with Crippen LogP contribution in [0.4, 0.5) is 14.6 Å². The van der Waals surface area contributed by atoms with Crippen molar-refractivity contribution in [2.75, 3.05) is 5.73 Å². The lowest BCUT2D eigenvalue weighted by Crippen LogP contribution is -2.30. The summed E-state index contributed by atoms with van der Waals surface area (Å²) >= 11 is 0. The van der Waals surface area contributed by atoms with E-state index >= 15 is 0 Å². The van der Waals surface area contributed by atoms with Crippen LogP contribution >= 0.6 is 0 Å². The number of nitrogens with zero attached hydrogens (tertiary/aromatic N) is 1. The van der Waals surface area contributed by atoms with Gasteiger partial charge in [-0.2, -0.15) is 0 Å². The second-order valence-corrected chi connectivity index (χ2v) is 4.18. The Morgan fingerprint density at radius 3 is 2.47 bits per heavy atom. The average Bonchev–Trinajstić information content (AvgIpc) is 2.36. The maximum Gasteiger partial charge on any atom is 0.128 e. The number of pyridine rings is 1. The van der Waals surface area contributed by atoms with Crippen LogP contribution in [-0.4, -0.2) is 4.98 Å². The van der Waals surface area contributed by atoms with Crippen LogP contribution in [-0.2, 0) is 6.42 Å². The molecule has 5 N–H and O–H groups in total. The number of nitrogen functional groups attached to an aromatic ring is 1. The highest BCUT2D eigenvalue weighted by atomic mass is 19.1. The Balaban J connectivity index is 2.26. The van der Waals surface area contributed by atoms with Gasteiger partial charge in [0.2, 0.25) is 0 Å². The molecule has 0 aliphatic carbocycles. The van der Waals surface area contributed by atoms with Gasteiger partial charge in [-0.1, -0.05) is 6.07 Å². The third-order valence-corrected chi connectivity index (χ3v) is 2.81. The Morgan fingerprint density at radius 1 is 1.21 bits per heavy atom. The number of nitrogens with two attached hydrogens (primary N) is 2. The molecule has 1 aromatic carbocycles. The summed E-state index contributed by atoms with van der Waals surface area (Å²) in [6, 6.07) is 6.48. The minimum Gasteiger partial charge on any atom is -0.383 e. The largest absolute Gasteiger partial charge is 0.383 e. The molecule has 1 unspecified atom stereocenters. The molecule has 0 fully saturated rings. The van der Waals surface area contributed by atoms with Crippen molar-refractivity contribution in [1.29, 1.82) is 0 Å². The molecule has 100 valence electrons. The van der Waals surface area contributed by atoms with E-state index in [0.717, 1.165) is 6.07 Å². The summed E-state index contributed by atoms with van der Waals surface area (Å²) in [6.45, 7) is 0. The zero-order chi connectivity index (χ0) is 13.8. The average molecular weight is 264 g/mol. The highest BCUT2D eigenvalue weighted by molar-refractivity contribution is 5.41. The van der Waals surface area contributed by atoms with Crippen LogP contribution in [0.3, 0.4) is 0 Å². The van der Waals surface area contributed by atoms with Gasteiger partial charge in [-0.05, 0) is 30.2 Å². The molecule has 0 aliphatic heterocycles. The number of aromatic nitrogens is 1. The minimum atomic E-state index is -0.620. The number of nitrogens with one attached hydrogen (secondary N) is 1. The Kier molecular flexibility index (Phi) is 4.03. The van der Waals surface area contributed by atoms with E-state index in [1.54, 1.807) is 18.3 Å². The Hall–Kier alpha value is -2.05. The summed E-state index contributed by atoms with van der Waals surface area (Å²) in [4.78, 5) is 3.96. The van der Waals surface area contributed by atoms with E-state index in [9.17, 15) is 8.78 Å². The number of hydrazine groups is 1. The van der Waals surface area contributed by atoms with Gasteiger partial charge in [0, 0.05) is 17.8 Å². The van der Waals surface area contributed by atoms with Gasteiger partial charge >= 0.3 is 0 Å². The van der Waals surface area contributed by atoms with E-state index in [2.05, 4.69) is 10.4 Å². The summed E-state index contributed by atoms with van der Waals surface area (Å²) in [5.41, 5.74) is 9.52. The molecule has 0 saturated carbocycles. The monoisotopic (exact) mass is 264 g/mol. The number of benzene rings is 1. The molecule has 2 aromatic rings. The first-order chi connectivity index (χ1) is 9.10. The van der Waals surface area contributed by atoms with Crippen molar-refractivity contribution in [1.82, 2.24) is 10.4 Å². The quantitative estimate of drug-likeness (QED) is 0.580. The number of anilines is 1. The minimum absolute atomic E-state index is 0.307. The molecule has 1 aromatic heterocycles. The highest BCUT2D eigenvalue weighted by Gasteiger charge is 2.15. The van der Waals surface area contributed by atoms with Gasteiger partial charge in [0.25, 0.3) is 0 Å². The van der Waals surface area contributed by atoms with E-state index in [4.69, 9.17) is 11.6 Å². The molecular weight excluding hydrogens is 250 g/mol. The molecule has 0 radical (unpaired) electrons. The normalized spacial score (nSPS) is 12.4. The number of hydrogen-bond acceptors (Lipinski definition) is 4. The van der Waals surface area contributed by atoms with Crippen molar-refractivity contribution in [3.63, 3.8) is 0 Å². The van der Waals surface area contributed by atoms with E-state index in [0.29, 0.717) is 23.4 Å². The van der Waals surface area contributed by atoms with Gasteiger partial charge in [-0.3, -0.25) is 11.3 Å². The molecule has 2 rings (SSSR count). The van der Waals surface area contributed by atoms with Crippen LogP contribution in [0.15, 0.2) is 36.5 Å². The fraction of sp³-hybridized carbons (Fsp3) is 0.154. The molecule has 0 amide bonds. The van der Waals surface area contributed by atoms with Crippen molar-refractivity contribution in [2.24, 2.45) is 5.84 Å². The van der Waals surface area contributed by atoms with Gasteiger partial charge in [0.15, 0.2) is 0 Å². The number of rotatable bonds is 4. The topological polar surface area (TPSA) is 77.0 Å². The van der Waals surface area contributed by atoms with Crippen molar-refractivity contribution >= 4 is 5.82 Å². The molecule has 0 bridgehead atoms. The van der Waals surface area contributed by atoms with Gasteiger partial charge in [-0.15, -0.1) is 0 Å². The first-order valence-corrected chi connectivity index (χ1v) is 5.71. The molecule has 0 aliphatic rings. The molecule has 6 heteroatoms. The van der Waals surface area contributed by atoms with Crippen molar-refractivity contribution in [2.45, 2.75) is 12.5 Å². The Bertz CT molecular complexity index is 554. The second-order valence-electron chi connectivity index (χ2n) is 4.18. The predicted octanol–water partition coefficient (Wildman–Crippen LogP) is 1.69. The van der Waals surface area contributed by atoms with E-state index in [-0.39, 0.29) is 6.04 Å². The lowest BCUT2D eigenvalue weighted by molar-refractivity contribution is 0.540. The van der Waals surface area contributed by atoms with E-state index in [1.807, 2.05) is 0 Å². The van der Waals surface area contributed by atoms with Gasteiger partial charge in [0.05, 0.1) is 6.04 Å². The standard InChI is InChI=1S/C13H14F2N4/c14-9-4-8(5-10(15)7-9)6-12(19-17)11-2-1-3-18-13(11)16/h1-5,7,12,19H,6,17H2,(H2,16,18). The van der Waals surface area contributed by atoms with E-state index in [1.165, 1.54) is 12.1 Å². The van der Waals surface area contributed by atoms with Gasteiger partial charge in [0.1, 0.15) is 17.5 Å². The molecule has 4 nitrogen and oxygen atoms in total. The third kappa shape index (κ3) is 3.24. The molecule has 0 spiro atoms. The molecular formula is C13H14F2N4. The number of halogens is 2. The Labute approximate surface area is 109 Å². The maximum atomic E-state index is 13.1. The van der Waals surface area contributed by atoms with Crippen LogP contribution in [0.5, 0.6) is 0 Å². The lowest BCUT2D eigenvalue weighted by Gasteiger charge is -2.17. The molecule has 1 atom stereocenters. The van der Waals surface area contributed by atoms with Crippen molar-refractivity contribution in [3.8, 4) is 0 Å². The summed E-state index contributed by atoms with van der Waals surface area (Å²) in [5, 5.41) is 0. The zero-order valence-corrected chi connectivity index (χ0v) is 10.1. The molecule has 19 heavy (non-hydrogen) atoms. The summed E-state index contributed by atoms with van der Waals surface area (Å²) in [7, 11) is 0. The highest BCUT2D eigenvalue weighted by Crippen LogP contribution is 2.22. The smallest absolute Gasteiger partial charge is 0.128 e. The summed E-state index contributed by atoms with van der Waals surface area (Å²) in [5.74, 6) is 4.57. The SMILES string of the molecule is NNC(Cc1cc(F)cc(F)c1)c1cccnc1N. The van der Waals surface area contributed by atoms with Gasteiger partial charge in [-0.25, -0.2) is 13.8 Å². The fourth-order valence-electron chi connectivity index (χ4n) is 1.95. The van der Waals surface area contributed by atoms with Gasteiger partial charge < -0.3 is 5.73 Å². The third-order valence-electron chi connectivity index (χ3n) is 2.81. The first kappa shape index (κ1) is 13.4. The molecule has 0 saturated heterocycles. The van der Waals surface area contributed by atoms with Crippen LogP contribution < -0.4 is 17.0 Å². The first-order valence-electron chi connectivity index (χ1n) is 5.71.